The van der Waals surface area contributed by atoms with Crippen LogP contribution >= 0.6 is 27.3 Å². The lowest BCUT2D eigenvalue weighted by Gasteiger charge is -2.05. The molecular weight excluding hydrogens is 300 g/mol. The highest BCUT2D eigenvalue weighted by Gasteiger charge is 2.09. The fraction of sp³-hybridized carbons (Fsp3) is 0. The molecule has 0 radical (unpaired) electrons. The zero-order valence-electron chi connectivity index (χ0n) is 8.61. The lowest BCUT2D eigenvalue weighted by Crippen LogP contribution is -2.11. The van der Waals surface area contributed by atoms with Gasteiger partial charge in [-0.05, 0) is 29.6 Å². The molecule has 0 saturated heterocycles. The van der Waals surface area contributed by atoms with Crippen molar-refractivity contribution in [2.75, 3.05) is 5.32 Å². The Hall–Kier alpha value is -1.64. The molecule has 17 heavy (non-hydrogen) atoms. The number of rotatable bonds is 2. The molecule has 0 unspecified atom stereocenters. The summed E-state index contributed by atoms with van der Waals surface area (Å²) < 4.78 is 0.808. The third kappa shape index (κ3) is 2.73. The Morgan fingerprint density at radius 1 is 1.41 bits per heavy atom. The molecule has 1 aromatic heterocycles. The number of nitrogens with one attached hydrogen (secondary N) is 1. The number of carbonyl (C=O) groups is 1. The monoisotopic (exact) mass is 306 g/mol. The van der Waals surface area contributed by atoms with Crippen molar-refractivity contribution in [3.63, 3.8) is 0 Å². The van der Waals surface area contributed by atoms with Crippen molar-refractivity contribution in [1.82, 2.24) is 0 Å². The number of benzene rings is 1. The SMILES string of the molecule is N#Cc1cc(Br)ccc1NC(=O)c1cccs1. The largest absolute Gasteiger partial charge is 0.320 e. The number of hydrogen-bond donors (Lipinski definition) is 1. The Kier molecular flexibility index (Phi) is 3.57. The second-order valence-corrected chi connectivity index (χ2v) is 5.10. The molecule has 0 aliphatic rings. The molecule has 2 aromatic rings. The summed E-state index contributed by atoms with van der Waals surface area (Å²) in [7, 11) is 0. The Bertz CT molecular complexity index is 587. The fourth-order valence-corrected chi connectivity index (χ4v) is 2.29. The number of anilines is 1. The van der Waals surface area contributed by atoms with Crippen LogP contribution in [0.15, 0.2) is 40.2 Å². The number of hydrogen-bond acceptors (Lipinski definition) is 3. The molecule has 0 aliphatic carbocycles. The van der Waals surface area contributed by atoms with Gasteiger partial charge in [-0.3, -0.25) is 4.79 Å². The van der Waals surface area contributed by atoms with Crippen LogP contribution in [0.25, 0.3) is 0 Å². The quantitative estimate of drug-likeness (QED) is 0.921. The van der Waals surface area contributed by atoms with Gasteiger partial charge in [0.05, 0.1) is 16.1 Å². The number of nitriles is 1. The van der Waals surface area contributed by atoms with Crippen LogP contribution in [0.4, 0.5) is 5.69 Å². The maximum absolute atomic E-state index is 11.8. The number of amides is 1. The van der Waals surface area contributed by atoms with E-state index in [0.717, 1.165) is 4.47 Å². The Morgan fingerprint density at radius 3 is 2.88 bits per heavy atom. The van der Waals surface area contributed by atoms with E-state index in [1.54, 1.807) is 24.3 Å². The smallest absolute Gasteiger partial charge is 0.265 e. The molecule has 1 aromatic carbocycles. The topological polar surface area (TPSA) is 52.9 Å². The summed E-state index contributed by atoms with van der Waals surface area (Å²) in [5.74, 6) is -0.196. The van der Waals surface area contributed by atoms with Crippen LogP contribution in [0, 0.1) is 11.3 Å². The van der Waals surface area contributed by atoms with Crippen molar-refractivity contribution in [3.8, 4) is 6.07 Å². The van der Waals surface area contributed by atoms with Gasteiger partial charge < -0.3 is 5.32 Å². The second kappa shape index (κ2) is 5.13. The molecule has 84 valence electrons. The molecule has 0 fully saturated rings. The van der Waals surface area contributed by atoms with Gasteiger partial charge >= 0.3 is 0 Å². The van der Waals surface area contributed by atoms with E-state index < -0.39 is 0 Å². The zero-order valence-corrected chi connectivity index (χ0v) is 11.0. The van der Waals surface area contributed by atoms with E-state index in [0.29, 0.717) is 16.1 Å². The average molecular weight is 307 g/mol. The van der Waals surface area contributed by atoms with Crippen molar-refractivity contribution in [3.05, 3.63) is 50.6 Å². The molecule has 0 atom stereocenters. The molecule has 1 heterocycles. The van der Waals surface area contributed by atoms with Crippen LogP contribution in [-0.4, -0.2) is 5.91 Å². The summed E-state index contributed by atoms with van der Waals surface area (Å²) in [4.78, 5) is 12.4. The van der Waals surface area contributed by atoms with Crippen molar-refractivity contribution >= 4 is 38.9 Å². The van der Waals surface area contributed by atoms with Crippen LogP contribution in [-0.2, 0) is 0 Å². The Morgan fingerprint density at radius 2 is 2.24 bits per heavy atom. The van der Waals surface area contributed by atoms with E-state index in [1.807, 2.05) is 17.5 Å². The van der Waals surface area contributed by atoms with E-state index >= 15 is 0 Å². The van der Waals surface area contributed by atoms with Gasteiger partial charge in [0.25, 0.3) is 5.91 Å². The molecule has 0 saturated carbocycles. The maximum atomic E-state index is 11.8. The van der Waals surface area contributed by atoms with Gasteiger partial charge in [-0.25, -0.2) is 0 Å². The lowest BCUT2D eigenvalue weighted by atomic mass is 10.2. The zero-order chi connectivity index (χ0) is 12.3. The highest BCUT2D eigenvalue weighted by atomic mass is 79.9. The normalized spacial score (nSPS) is 9.65. The maximum Gasteiger partial charge on any atom is 0.265 e. The van der Waals surface area contributed by atoms with Crippen LogP contribution in [0.5, 0.6) is 0 Å². The summed E-state index contributed by atoms with van der Waals surface area (Å²) in [5.41, 5.74) is 0.957. The average Bonchev–Trinajstić information content (AvgIpc) is 2.85. The predicted octanol–water partition coefficient (Wildman–Crippen LogP) is 3.63. The molecule has 5 heteroatoms. The second-order valence-electron chi connectivity index (χ2n) is 3.23. The molecule has 1 amide bonds. The van der Waals surface area contributed by atoms with Crippen LogP contribution in [0.3, 0.4) is 0 Å². The van der Waals surface area contributed by atoms with E-state index in [-0.39, 0.29) is 5.91 Å². The number of halogens is 1. The van der Waals surface area contributed by atoms with E-state index in [1.165, 1.54) is 11.3 Å². The molecule has 1 N–H and O–H groups in total. The standard InChI is InChI=1S/C12H7BrN2OS/c13-9-3-4-10(8(6-9)7-14)15-12(16)11-2-1-5-17-11/h1-6H,(H,15,16). The number of carbonyl (C=O) groups excluding carboxylic acids is 1. The molecule has 0 aliphatic heterocycles. The van der Waals surface area contributed by atoms with Crippen molar-refractivity contribution in [1.29, 1.82) is 5.26 Å². The van der Waals surface area contributed by atoms with E-state index in [9.17, 15) is 4.79 Å². The Labute approximate surface area is 111 Å². The molecule has 0 spiro atoms. The van der Waals surface area contributed by atoms with Gasteiger partial charge in [-0.15, -0.1) is 11.3 Å². The van der Waals surface area contributed by atoms with E-state index in [4.69, 9.17) is 5.26 Å². The third-order valence-electron chi connectivity index (χ3n) is 2.10. The minimum absolute atomic E-state index is 0.196. The highest BCUT2D eigenvalue weighted by molar-refractivity contribution is 9.10. The van der Waals surface area contributed by atoms with Gasteiger partial charge in [0.15, 0.2) is 0 Å². The minimum Gasteiger partial charge on any atom is -0.320 e. The predicted molar refractivity (Wildman–Crippen MR) is 71.1 cm³/mol. The Balaban J connectivity index is 2.25. The molecular formula is C12H7BrN2OS. The van der Waals surface area contributed by atoms with Crippen LogP contribution in [0.2, 0.25) is 0 Å². The van der Waals surface area contributed by atoms with Crippen molar-refractivity contribution in [2.45, 2.75) is 0 Å². The number of nitrogens with zero attached hydrogens (tertiary/aromatic N) is 1. The molecule has 0 bridgehead atoms. The van der Waals surface area contributed by atoms with Gasteiger partial charge in [0, 0.05) is 4.47 Å². The van der Waals surface area contributed by atoms with Gasteiger partial charge in [0.2, 0.25) is 0 Å². The van der Waals surface area contributed by atoms with Gasteiger partial charge in [-0.2, -0.15) is 5.26 Å². The number of thiophene rings is 1. The van der Waals surface area contributed by atoms with Crippen molar-refractivity contribution < 1.29 is 4.79 Å². The third-order valence-corrected chi connectivity index (χ3v) is 3.46. The van der Waals surface area contributed by atoms with E-state index in [2.05, 4.69) is 21.2 Å². The fourth-order valence-electron chi connectivity index (χ4n) is 1.31. The molecule has 3 nitrogen and oxygen atoms in total. The first-order chi connectivity index (χ1) is 8.20. The summed E-state index contributed by atoms with van der Waals surface area (Å²) in [6, 6.07) is 10.8. The lowest BCUT2D eigenvalue weighted by molar-refractivity contribution is 0.103. The molecule has 2 rings (SSSR count). The first-order valence-corrected chi connectivity index (χ1v) is 6.42. The summed E-state index contributed by atoms with van der Waals surface area (Å²) in [5, 5.41) is 13.5. The van der Waals surface area contributed by atoms with Gasteiger partial charge in [-0.1, -0.05) is 22.0 Å². The minimum atomic E-state index is -0.196. The first-order valence-electron chi connectivity index (χ1n) is 4.75. The van der Waals surface area contributed by atoms with Crippen LogP contribution < -0.4 is 5.32 Å². The first kappa shape index (κ1) is 11.8. The van der Waals surface area contributed by atoms with Gasteiger partial charge in [0.1, 0.15) is 6.07 Å². The van der Waals surface area contributed by atoms with Crippen LogP contribution in [0.1, 0.15) is 15.2 Å². The summed E-state index contributed by atoms with van der Waals surface area (Å²) in [6.45, 7) is 0. The summed E-state index contributed by atoms with van der Waals surface area (Å²) in [6.07, 6.45) is 0. The summed E-state index contributed by atoms with van der Waals surface area (Å²) >= 11 is 4.64. The van der Waals surface area contributed by atoms with Crippen molar-refractivity contribution in [2.24, 2.45) is 0 Å². The highest BCUT2D eigenvalue weighted by Crippen LogP contribution is 2.21.